The average molecular weight is 712 g/mol. The highest BCUT2D eigenvalue weighted by Crippen LogP contribution is 2.43. The lowest BCUT2D eigenvalue weighted by Gasteiger charge is -2.40. The van der Waals surface area contributed by atoms with Gasteiger partial charge in [-0.15, -0.1) is 0 Å². The Morgan fingerprint density at radius 2 is 1.74 bits per heavy atom. The van der Waals surface area contributed by atoms with E-state index >= 15 is 4.39 Å². The highest BCUT2D eigenvalue weighted by molar-refractivity contribution is 6.74. The summed E-state index contributed by atoms with van der Waals surface area (Å²) in [5, 5.41) is 15.8. The predicted molar refractivity (Wildman–Crippen MR) is 190 cm³/mol. The van der Waals surface area contributed by atoms with E-state index in [2.05, 4.69) is 54.5 Å². The molecule has 0 unspecified atom stereocenters. The maximum Gasteiger partial charge on any atom is 0.413 e. The normalized spacial score (nSPS) is 17.7. The standard InChI is InChI=1S/C35H46FN5O8Si/c1-19-24(16-38-30-29(19)41(33(44)45)10-11-46-30)23-14-21-15-26(37-17-25(21)28(27(23)36)40-32(43)49-34(2,3)4)39-31(42)48-22-12-20(13-22)18-47-50(8,9)35(5,6)7/h14-17,20,22H,10-13,18H2,1-9H3,(H,40,43)(H,44,45)(H,37,39,42). The van der Waals surface area contributed by atoms with Crippen LogP contribution in [-0.2, 0) is 13.9 Å². The van der Waals surface area contributed by atoms with Gasteiger partial charge in [-0.2, -0.15) is 0 Å². The first kappa shape index (κ1) is 36.8. The van der Waals surface area contributed by atoms with Crippen molar-refractivity contribution in [1.29, 1.82) is 0 Å². The van der Waals surface area contributed by atoms with Gasteiger partial charge in [-0.05, 0) is 87.7 Å². The number of nitrogens with one attached hydrogen (secondary N) is 2. The summed E-state index contributed by atoms with van der Waals surface area (Å²) in [7, 11) is -1.87. The maximum atomic E-state index is 16.5. The summed E-state index contributed by atoms with van der Waals surface area (Å²) >= 11 is 0. The van der Waals surface area contributed by atoms with Crippen molar-refractivity contribution >= 4 is 54.6 Å². The number of pyridine rings is 2. The molecule has 3 aromatic rings. The molecule has 1 aliphatic heterocycles. The van der Waals surface area contributed by atoms with Crippen LogP contribution in [-0.4, -0.2) is 73.1 Å². The summed E-state index contributed by atoms with van der Waals surface area (Å²) in [6, 6.07) is 3.05. The van der Waals surface area contributed by atoms with Crippen molar-refractivity contribution < 1.29 is 42.5 Å². The van der Waals surface area contributed by atoms with E-state index in [-0.39, 0.29) is 63.9 Å². The molecule has 15 heteroatoms. The molecule has 0 spiro atoms. The van der Waals surface area contributed by atoms with Crippen LogP contribution in [0.15, 0.2) is 24.5 Å². The zero-order valence-electron chi connectivity index (χ0n) is 30.0. The molecule has 0 atom stereocenters. The zero-order valence-corrected chi connectivity index (χ0v) is 31.0. The van der Waals surface area contributed by atoms with Gasteiger partial charge < -0.3 is 23.7 Å². The van der Waals surface area contributed by atoms with Gasteiger partial charge in [-0.1, -0.05) is 20.8 Å². The molecule has 3 N–H and O–H groups in total. The maximum absolute atomic E-state index is 16.5. The number of amides is 3. The van der Waals surface area contributed by atoms with Gasteiger partial charge in [0.1, 0.15) is 29.8 Å². The van der Waals surface area contributed by atoms with E-state index in [0.29, 0.717) is 36.3 Å². The number of carbonyl (C=O) groups is 3. The fourth-order valence-corrected chi connectivity index (χ4v) is 6.68. The number of fused-ring (bicyclic) bond motifs is 2. The van der Waals surface area contributed by atoms with E-state index in [9.17, 15) is 19.5 Å². The largest absolute Gasteiger partial charge is 0.474 e. The summed E-state index contributed by atoms with van der Waals surface area (Å²) in [6.45, 7) is 18.5. The monoisotopic (exact) mass is 711 g/mol. The molecule has 0 bridgehead atoms. The molecule has 0 saturated heterocycles. The molecule has 3 heterocycles. The lowest BCUT2D eigenvalue weighted by atomic mass is 9.83. The number of anilines is 3. The van der Waals surface area contributed by atoms with E-state index in [0.717, 1.165) is 4.90 Å². The number of rotatable bonds is 7. The van der Waals surface area contributed by atoms with Gasteiger partial charge >= 0.3 is 18.3 Å². The minimum atomic E-state index is -1.87. The molecule has 2 aromatic heterocycles. The van der Waals surface area contributed by atoms with Crippen LogP contribution < -0.4 is 20.3 Å². The Hall–Kier alpha value is -4.50. The van der Waals surface area contributed by atoms with Crippen molar-refractivity contribution in [1.82, 2.24) is 9.97 Å². The third-order valence-electron chi connectivity index (χ3n) is 9.39. The van der Waals surface area contributed by atoms with Crippen molar-refractivity contribution in [2.24, 2.45) is 5.92 Å². The first-order valence-electron chi connectivity index (χ1n) is 16.6. The fourth-order valence-electron chi connectivity index (χ4n) is 5.60. The second-order valence-corrected chi connectivity index (χ2v) is 20.1. The molecule has 3 amide bonds. The van der Waals surface area contributed by atoms with Crippen LogP contribution in [0.4, 0.5) is 36.0 Å². The highest BCUT2D eigenvalue weighted by atomic mass is 28.4. The Labute approximate surface area is 292 Å². The molecule has 1 fully saturated rings. The molecular weight excluding hydrogens is 665 g/mol. The van der Waals surface area contributed by atoms with Crippen LogP contribution in [0, 0.1) is 18.7 Å². The number of nitrogens with zero attached hydrogens (tertiary/aromatic N) is 3. The van der Waals surface area contributed by atoms with Crippen LogP contribution >= 0.6 is 0 Å². The van der Waals surface area contributed by atoms with Crippen molar-refractivity contribution in [3.63, 3.8) is 0 Å². The molecule has 0 radical (unpaired) electrons. The summed E-state index contributed by atoms with van der Waals surface area (Å²) in [6.07, 6.45) is 1.11. The lowest BCUT2D eigenvalue weighted by Crippen LogP contribution is -2.44. The number of carbonyl (C=O) groups excluding carboxylic acids is 2. The zero-order chi connectivity index (χ0) is 36.8. The minimum absolute atomic E-state index is 0.0208. The SMILES string of the molecule is Cc1c(-c2cc3cc(NC(=O)OC4CC(CO[Si](C)(C)C(C)(C)C)C4)ncc3c(NC(=O)OC(C)(C)C)c2F)cnc2c1N(C(=O)O)CCO2. The van der Waals surface area contributed by atoms with Crippen LogP contribution in [0.3, 0.4) is 0 Å². The Morgan fingerprint density at radius 1 is 1.04 bits per heavy atom. The van der Waals surface area contributed by atoms with E-state index in [1.54, 1.807) is 27.7 Å². The van der Waals surface area contributed by atoms with Crippen molar-refractivity contribution in [2.45, 2.75) is 91.1 Å². The minimum Gasteiger partial charge on any atom is -0.474 e. The topological polar surface area (TPSA) is 161 Å². The van der Waals surface area contributed by atoms with Crippen molar-refractivity contribution in [3.8, 4) is 17.0 Å². The third-order valence-corrected chi connectivity index (χ3v) is 13.9. The van der Waals surface area contributed by atoms with Crippen LogP contribution in [0.2, 0.25) is 18.1 Å². The number of halogens is 1. The van der Waals surface area contributed by atoms with E-state index < -0.39 is 38.0 Å². The number of ether oxygens (including phenoxy) is 3. The second-order valence-electron chi connectivity index (χ2n) is 15.3. The van der Waals surface area contributed by atoms with Crippen molar-refractivity contribution in [3.05, 3.63) is 35.9 Å². The molecule has 270 valence electrons. The first-order valence-corrected chi connectivity index (χ1v) is 19.5. The number of benzene rings is 1. The third kappa shape index (κ3) is 7.94. The Balaban J connectivity index is 1.41. The van der Waals surface area contributed by atoms with Gasteiger partial charge in [0.25, 0.3) is 0 Å². The Morgan fingerprint density at radius 3 is 2.38 bits per heavy atom. The van der Waals surface area contributed by atoms with Crippen LogP contribution in [0.1, 0.15) is 59.9 Å². The molecular formula is C35H46FN5O8Si. The molecule has 1 aliphatic carbocycles. The van der Waals surface area contributed by atoms with Gasteiger partial charge in [0.2, 0.25) is 5.88 Å². The average Bonchev–Trinajstić information content (AvgIpc) is 2.98. The second kappa shape index (κ2) is 13.7. The van der Waals surface area contributed by atoms with Gasteiger partial charge in [-0.25, -0.2) is 28.7 Å². The predicted octanol–water partition coefficient (Wildman–Crippen LogP) is 8.32. The summed E-state index contributed by atoms with van der Waals surface area (Å²) < 4.78 is 39.4. The van der Waals surface area contributed by atoms with E-state index in [1.807, 2.05) is 0 Å². The number of aromatic nitrogens is 2. The number of hydrogen-bond donors (Lipinski definition) is 3. The molecule has 1 saturated carbocycles. The molecule has 5 rings (SSSR count). The summed E-state index contributed by atoms with van der Waals surface area (Å²) in [5.41, 5.74) is -0.170. The molecule has 50 heavy (non-hydrogen) atoms. The summed E-state index contributed by atoms with van der Waals surface area (Å²) in [4.78, 5) is 47.4. The van der Waals surface area contributed by atoms with Crippen LogP contribution in [0.25, 0.3) is 21.9 Å². The smallest absolute Gasteiger partial charge is 0.413 e. The highest BCUT2D eigenvalue weighted by Gasteiger charge is 2.40. The Bertz CT molecular complexity index is 1820. The number of hydrogen-bond acceptors (Lipinski definition) is 9. The fraction of sp³-hybridized carbons (Fsp3) is 0.514. The molecule has 13 nitrogen and oxygen atoms in total. The van der Waals surface area contributed by atoms with Gasteiger partial charge in [0.15, 0.2) is 14.1 Å². The first-order chi connectivity index (χ1) is 23.2. The lowest BCUT2D eigenvalue weighted by molar-refractivity contribution is 0.00553. The van der Waals surface area contributed by atoms with E-state index in [1.165, 1.54) is 24.5 Å². The summed E-state index contributed by atoms with van der Waals surface area (Å²) in [5.74, 6) is -0.235. The van der Waals surface area contributed by atoms with Crippen LogP contribution in [0.5, 0.6) is 5.88 Å². The quantitative estimate of drug-likeness (QED) is 0.203. The molecule has 2 aliphatic rings. The molecule has 1 aromatic carbocycles. The number of carboxylic acid groups (broad SMARTS) is 1. The van der Waals surface area contributed by atoms with Gasteiger partial charge in [-0.3, -0.25) is 15.5 Å². The van der Waals surface area contributed by atoms with Gasteiger partial charge in [0, 0.05) is 35.5 Å². The van der Waals surface area contributed by atoms with Crippen molar-refractivity contribution in [2.75, 3.05) is 35.3 Å². The Kier molecular flexibility index (Phi) is 10.0. The van der Waals surface area contributed by atoms with E-state index in [4.69, 9.17) is 18.6 Å². The van der Waals surface area contributed by atoms with Gasteiger partial charge in [0.05, 0.1) is 12.2 Å².